The molecule has 1 aliphatic heterocycles. The molecule has 0 spiro atoms. The van der Waals surface area contributed by atoms with Gasteiger partial charge >= 0.3 is 5.69 Å². The van der Waals surface area contributed by atoms with Crippen LogP contribution in [0.3, 0.4) is 0 Å². The number of hydrogen-bond acceptors (Lipinski definition) is 6. The molecule has 154 valence electrons. The van der Waals surface area contributed by atoms with Crippen LogP contribution in [0.2, 0.25) is 0 Å². The van der Waals surface area contributed by atoms with E-state index in [-0.39, 0.29) is 5.92 Å². The van der Waals surface area contributed by atoms with Gasteiger partial charge in [-0.3, -0.25) is 30.0 Å². The minimum absolute atomic E-state index is 0.123. The van der Waals surface area contributed by atoms with E-state index in [9.17, 15) is 13.6 Å². The largest absolute Gasteiger partial charge is 0.496 e. The van der Waals surface area contributed by atoms with Gasteiger partial charge in [-0.1, -0.05) is 0 Å². The maximum atomic E-state index is 14.6. The van der Waals surface area contributed by atoms with Crippen LogP contribution in [-0.2, 0) is 7.05 Å². The Hall–Kier alpha value is -3.37. The molecule has 1 aliphatic rings. The van der Waals surface area contributed by atoms with Gasteiger partial charge in [0.25, 0.3) is 0 Å². The number of imidazole rings is 1. The second kappa shape index (κ2) is 6.85. The van der Waals surface area contributed by atoms with Crippen molar-refractivity contribution in [2.75, 3.05) is 20.2 Å². The lowest BCUT2D eigenvalue weighted by molar-refractivity contribution is 0.407. The summed E-state index contributed by atoms with van der Waals surface area (Å²) in [5.74, 6) is -1.06. The van der Waals surface area contributed by atoms with Crippen molar-refractivity contribution in [2.45, 2.75) is 5.92 Å². The zero-order valence-electron chi connectivity index (χ0n) is 16.2. The molecule has 4 aromatic rings. The summed E-state index contributed by atoms with van der Waals surface area (Å²) < 4.78 is 37.1. The first-order chi connectivity index (χ1) is 14.5. The first kappa shape index (κ1) is 18.6. The molecule has 0 unspecified atom stereocenters. The number of ether oxygens (including phenoxy) is 1. The molecular weight excluding hydrogens is 394 g/mol. The molecule has 1 saturated heterocycles. The lowest BCUT2D eigenvalue weighted by Gasteiger charge is -2.15. The molecule has 4 heterocycles. The Morgan fingerprint density at radius 3 is 2.50 bits per heavy atom. The smallest absolute Gasteiger partial charge is 0.333 e. The quantitative estimate of drug-likeness (QED) is 0.533. The minimum atomic E-state index is -0.924. The molecule has 10 heteroatoms. The highest BCUT2D eigenvalue weighted by Crippen LogP contribution is 2.35. The van der Waals surface area contributed by atoms with Crippen LogP contribution in [0.4, 0.5) is 8.78 Å². The Labute approximate surface area is 169 Å². The van der Waals surface area contributed by atoms with Gasteiger partial charge in [0.2, 0.25) is 0 Å². The molecule has 8 nitrogen and oxygen atoms in total. The predicted octanol–water partition coefficient (Wildman–Crippen LogP) is 1.75. The Morgan fingerprint density at radius 1 is 1.13 bits per heavy atom. The summed E-state index contributed by atoms with van der Waals surface area (Å²) in [4.78, 5) is 21.0. The molecule has 0 amide bonds. The highest BCUT2D eigenvalue weighted by atomic mass is 19.1. The van der Waals surface area contributed by atoms with E-state index in [1.54, 1.807) is 20.2 Å². The molecule has 0 radical (unpaired) electrons. The third kappa shape index (κ3) is 2.61. The van der Waals surface area contributed by atoms with Gasteiger partial charge in [0.1, 0.15) is 11.4 Å². The van der Waals surface area contributed by atoms with Crippen molar-refractivity contribution in [3.05, 3.63) is 58.4 Å². The zero-order valence-corrected chi connectivity index (χ0v) is 16.2. The second-order valence-electron chi connectivity index (χ2n) is 7.19. The van der Waals surface area contributed by atoms with Crippen molar-refractivity contribution < 1.29 is 13.5 Å². The highest BCUT2D eigenvalue weighted by Gasteiger charge is 2.25. The number of halogens is 2. The number of pyridine rings is 2. The summed E-state index contributed by atoms with van der Waals surface area (Å²) in [7, 11) is 3.13. The van der Waals surface area contributed by atoms with Crippen LogP contribution in [0.15, 0.2) is 35.5 Å². The number of methoxy groups -OCH3 is 1. The van der Waals surface area contributed by atoms with E-state index in [1.165, 1.54) is 10.8 Å². The molecule has 3 aromatic heterocycles. The normalized spacial score (nSPS) is 14.8. The van der Waals surface area contributed by atoms with Crippen molar-refractivity contribution in [3.8, 4) is 11.4 Å². The number of hydrogen-bond donors (Lipinski definition) is 2. The third-order valence-electron chi connectivity index (χ3n) is 5.55. The van der Waals surface area contributed by atoms with Crippen LogP contribution in [0.25, 0.3) is 27.6 Å². The van der Waals surface area contributed by atoms with Crippen molar-refractivity contribution in [3.63, 3.8) is 0 Å². The number of nitrogens with one attached hydrogen (secondary N) is 2. The van der Waals surface area contributed by atoms with Crippen LogP contribution in [-0.4, -0.2) is 39.3 Å². The first-order valence-corrected chi connectivity index (χ1v) is 9.34. The van der Waals surface area contributed by atoms with E-state index in [0.717, 1.165) is 22.5 Å². The summed E-state index contributed by atoms with van der Waals surface area (Å²) in [6, 6.07) is 3.67. The monoisotopic (exact) mass is 412 g/mol. The highest BCUT2D eigenvalue weighted by molar-refractivity contribution is 6.04. The van der Waals surface area contributed by atoms with E-state index >= 15 is 0 Å². The predicted molar refractivity (Wildman–Crippen MR) is 107 cm³/mol. The zero-order chi connectivity index (χ0) is 21.0. The van der Waals surface area contributed by atoms with Crippen molar-refractivity contribution >= 4 is 21.9 Å². The lowest BCUT2D eigenvalue weighted by Crippen LogP contribution is -2.22. The van der Waals surface area contributed by atoms with Crippen LogP contribution < -0.4 is 21.3 Å². The van der Waals surface area contributed by atoms with Gasteiger partial charge in [0, 0.05) is 43.1 Å². The van der Waals surface area contributed by atoms with Gasteiger partial charge in [0.15, 0.2) is 11.6 Å². The van der Waals surface area contributed by atoms with Gasteiger partial charge < -0.3 is 4.74 Å². The van der Waals surface area contributed by atoms with Gasteiger partial charge in [-0.15, -0.1) is 0 Å². The molecule has 0 saturated carbocycles. The Kier molecular flexibility index (Phi) is 4.26. The van der Waals surface area contributed by atoms with Crippen LogP contribution in [0.5, 0.6) is 5.75 Å². The number of aromatic nitrogens is 4. The van der Waals surface area contributed by atoms with E-state index in [0.29, 0.717) is 40.8 Å². The maximum Gasteiger partial charge on any atom is 0.333 e. The van der Waals surface area contributed by atoms with Crippen LogP contribution in [0, 0.1) is 11.6 Å². The topological polar surface area (TPSA) is 86.0 Å². The van der Waals surface area contributed by atoms with Gasteiger partial charge in [-0.25, -0.2) is 13.6 Å². The summed E-state index contributed by atoms with van der Waals surface area (Å²) in [5, 5.41) is 0.600. The number of benzene rings is 1. The summed E-state index contributed by atoms with van der Waals surface area (Å²) >= 11 is 0. The SMILES string of the molecule is COc1cc2ncc3c(c2cc1C1CNNC1)n(-c1c(F)cncc1F)c(=O)n3C. The maximum absolute atomic E-state index is 14.6. The van der Waals surface area contributed by atoms with E-state index < -0.39 is 23.0 Å². The Balaban J connectivity index is 1.93. The first-order valence-electron chi connectivity index (χ1n) is 9.34. The van der Waals surface area contributed by atoms with E-state index in [2.05, 4.69) is 20.8 Å². The second-order valence-corrected chi connectivity index (χ2v) is 7.19. The minimum Gasteiger partial charge on any atom is -0.496 e. The molecule has 30 heavy (non-hydrogen) atoms. The Bertz CT molecular complexity index is 1340. The molecule has 0 bridgehead atoms. The average molecular weight is 412 g/mol. The Morgan fingerprint density at radius 2 is 1.83 bits per heavy atom. The lowest BCUT2D eigenvalue weighted by atomic mass is 9.96. The molecule has 1 fully saturated rings. The number of nitrogens with zero attached hydrogens (tertiary/aromatic N) is 4. The fraction of sp³-hybridized carbons (Fsp3) is 0.250. The number of aryl methyl sites for hydroxylation is 1. The molecule has 1 aromatic carbocycles. The summed E-state index contributed by atoms with van der Waals surface area (Å²) in [6.45, 7) is 1.39. The van der Waals surface area contributed by atoms with Gasteiger partial charge in [-0.05, 0) is 6.07 Å². The fourth-order valence-electron chi connectivity index (χ4n) is 4.05. The number of rotatable bonds is 3. The summed E-state index contributed by atoms with van der Waals surface area (Å²) in [5.41, 5.74) is 7.43. The number of fused-ring (bicyclic) bond motifs is 3. The summed E-state index contributed by atoms with van der Waals surface area (Å²) in [6.07, 6.45) is 3.29. The molecular formula is C20H18F2N6O2. The van der Waals surface area contributed by atoms with Gasteiger partial charge in [-0.2, -0.15) is 0 Å². The van der Waals surface area contributed by atoms with Crippen LogP contribution >= 0.6 is 0 Å². The molecule has 5 rings (SSSR count). The standard InChI is InChI=1S/C20H18F2N6O2/c1-27-16-9-24-15-4-17(30-2)11(10-5-25-26-6-10)3-12(15)18(16)28(20(27)29)19-13(21)7-23-8-14(19)22/h3-4,7-10,25-26H,5-6H2,1-2H3. The van der Waals surface area contributed by atoms with Crippen molar-refractivity contribution in [2.24, 2.45) is 7.05 Å². The fourth-order valence-corrected chi connectivity index (χ4v) is 4.05. The molecule has 0 aliphatic carbocycles. The van der Waals surface area contributed by atoms with E-state index in [1.807, 2.05) is 6.07 Å². The van der Waals surface area contributed by atoms with Gasteiger partial charge in [0.05, 0.1) is 42.3 Å². The molecule has 0 atom stereocenters. The van der Waals surface area contributed by atoms with Crippen molar-refractivity contribution in [1.29, 1.82) is 0 Å². The average Bonchev–Trinajstić information content (AvgIpc) is 3.36. The number of hydrazine groups is 1. The van der Waals surface area contributed by atoms with Crippen LogP contribution in [0.1, 0.15) is 11.5 Å². The molecule has 2 N–H and O–H groups in total. The van der Waals surface area contributed by atoms with E-state index in [4.69, 9.17) is 4.74 Å². The van der Waals surface area contributed by atoms with Crippen molar-refractivity contribution in [1.82, 2.24) is 30.0 Å². The third-order valence-corrected chi connectivity index (χ3v) is 5.55.